The topological polar surface area (TPSA) is 117 Å². The number of allylic oxidation sites excluding steroid dienone is 1. The van der Waals surface area contributed by atoms with Gasteiger partial charge in [-0.3, -0.25) is 4.79 Å². The Labute approximate surface area is 223 Å². The minimum Gasteiger partial charge on any atom is -0.512 e. The van der Waals surface area contributed by atoms with Crippen LogP contribution in [0.1, 0.15) is 17.7 Å². The second-order valence-electron chi connectivity index (χ2n) is 9.94. The number of pyridine rings is 1. The van der Waals surface area contributed by atoms with Crippen LogP contribution in [0.5, 0.6) is 0 Å². The average Bonchev–Trinajstić information content (AvgIpc) is 3.28. The van der Waals surface area contributed by atoms with Gasteiger partial charge in [0.2, 0.25) is 5.95 Å². The largest absolute Gasteiger partial charge is 0.512 e. The monoisotopic (exact) mass is 521 g/mol. The number of nitrogens with one attached hydrogen (secondary N) is 1. The number of benzene rings is 1. The minimum absolute atomic E-state index is 0.255. The lowest BCUT2D eigenvalue weighted by molar-refractivity contribution is 0.313. The highest BCUT2D eigenvalue weighted by atomic mass is 16.3. The normalized spacial score (nSPS) is 15.9. The standard InChI is InChI=1S/C28H27N9O2/c1-34-12-14-35(15-13-34)19-7-5-18(6-8-19)31-28-30-17-22-25(33-28)32-26-21-10-9-20(38)16-23(21)36(37(26)27(22)39)24-4-2-3-11-29-24/h2-8,11,16-17,38H,9-10,12-15H2,1H3,(H,30,31,33). The maximum atomic E-state index is 13.7. The van der Waals surface area contributed by atoms with Gasteiger partial charge in [0.15, 0.2) is 17.1 Å². The van der Waals surface area contributed by atoms with Crippen molar-refractivity contribution in [2.75, 3.05) is 43.4 Å². The van der Waals surface area contributed by atoms with Crippen LogP contribution in [0.25, 0.3) is 28.6 Å². The fraction of sp³-hybridized carbons (Fsp3) is 0.250. The van der Waals surface area contributed by atoms with E-state index in [1.54, 1.807) is 17.0 Å². The summed E-state index contributed by atoms with van der Waals surface area (Å²) < 4.78 is 3.20. The summed E-state index contributed by atoms with van der Waals surface area (Å²) >= 11 is 0. The van der Waals surface area contributed by atoms with Gasteiger partial charge in [-0.25, -0.2) is 19.6 Å². The van der Waals surface area contributed by atoms with Gasteiger partial charge < -0.3 is 20.2 Å². The van der Waals surface area contributed by atoms with E-state index in [4.69, 9.17) is 4.98 Å². The highest BCUT2D eigenvalue weighted by Crippen LogP contribution is 2.29. The van der Waals surface area contributed by atoms with Crippen molar-refractivity contribution in [3.63, 3.8) is 0 Å². The zero-order valence-corrected chi connectivity index (χ0v) is 21.4. The summed E-state index contributed by atoms with van der Waals surface area (Å²) in [7, 11) is 2.15. The van der Waals surface area contributed by atoms with Gasteiger partial charge in [0.1, 0.15) is 5.39 Å². The highest BCUT2D eigenvalue weighted by molar-refractivity contribution is 5.79. The summed E-state index contributed by atoms with van der Waals surface area (Å²) in [4.78, 5) is 36.7. The molecule has 0 spiro atoms. The first-order valence-corrected chi connectivity index (χ1v) is 13.0. The second-order valence-corrected chi connectivity index (χ2v) is 9.94. The van der Waals surface area contributed by atoms with Crippen LogP contribution in [0.15, 0.2) is 65.4 Å². The van der Waals surface area contributed by atoms with E-state index in [1.807, 2.05) is 30.3 Å². The number of aromatic nitrogens is 6. The molecule has 1 fully saturated rings. The van der Waals surface area contributed by atoms with Crippen molar-refractivity contribution in [1.82, 2.24) is 34.0 Å². The quantitative estimate of drug-likeness (QED) is 0.368. The van der Waals surface area contributed by atoms with Crippen molar-refractivity contribution in [3.05, 3.63) is 82.2 Å². The van der Waals surface area contributed by atoms with Crippen LogP contribution in [0.3, 0.4) is 0 Å². The van der Waals surface area contributed by atoms with E-state index in [2.05, 4.69) is 49.2 Å². The number of hydrogen-bond acceptors (Lipinski definition) is 9. The summed E-state index contributed by atoms with van der Waals surface area (Å²) in [5.41, 5.74) is 4.10. The fourth-order valence-electron chi connectivity index (χ4n) is 5.28. The molecule has 2 N–H and O–H groups in total. The third kappa shape index (κ3) is 4.07. The predicted molar refractivity (Wildman–Crippen MR) is 150 cm³/mol. The molecule has 11 nitrogen and oxygen atoms in total. The molecule has 196 valence electrons. The van der Waals surface area contributed by atoms with Crippen LogP contribution in [0, 0.1) is 0 Å². The van der Waals surface area contributed by atoms with E-state index < -0.39 is 0 Å². The number of nitrogens with zero attached hydrogens (tertiary/aromatic N) is 8. The van der Waals surface area contributed by atoms with Crippen molar-refractivity contribution in [2.45, 2.75) is 12.8 Å². The van der Waals surface area contributed by atoms with Crippen LogP contribution in [0.4, 0.5) is 17.3 Å². The SMILES string of the molecule is CN1CCN(c2ccc(Nc3ncc4c(=O)n5c(nc4n3)c3c(n5-c4ccccn4)C=C(O)CC3)cc2)CC1. The highest BCUT2D eigenvalue weighted by Gasteiger charge is 2.25. The molecule has 0 radical (unpaired) electrons. The molecule has 0 saturated carbocycles. The molecule has 2 aliphatic rings. The molecule has 7 rings (SSSR count). The number of aliphatic hydroxyl groups is 1. The molecule has 11 heteroatoms. The van der Waals surface area contributed by atoms with Crippen LogP contribution in [0.2, 0.25) is 0 Å². The molecule has 5 heterocycles. The third-order valence-corrected chi connectivity index (χ3v) is 7.40. The Kier molecular flexibility index (Phi) is 5.51. The minimum atomic E-state index is -0.300. The van der Waals surface area contributed by atoms with Crippen molar-refractivity contribution in [3.8, 4) is 5.82 Å². The average molecular weight is 522 g/mol. The smallest absolute Gasteiger partial charge is 0.284 e. The zero-order chi connectivity index (χ0) is 26.5. The van der Waals surface area contributed by atoms with Gasteiger partial charge in [-0.05, 0) is 49.9 Å². The molecule has 0 atom stereocenters. The summed E-state index contributed by atoms with van der Waals surface area (Å²) in [6.45, 7) is 4.12. The van der Waals surface area contributed by atoms with Gasteiger partial charge in [0.25, 0.3) is 5.56 Å². The van der Waals surface area contributed by atoms with E-state index in [0.29, 0.717) is 47.0 Å². The van der Waals surface area contributed by atoms with Crippen LogP contribution in [-0.4, -0.2) is 72.4 Å². The number of piperazine rings is 1. The van der Waals surface area contributed by atoms with Crippen molar-refractivity contribution < 1.29 is 5.11 Å². The van der Waals surface area contributed by atoms with Crippen molar-refractivity contribution in [1.29, 1.82) is 0 Å². The Bertz CT molecular complexity index is 1780. The van der Waals surface area contributed by atoms with Gasteiger partial charge in [0.05, 0.1) is 11.5 Å². The molecule has 5 aromatic rings. The first-order chi connectivity index (χ1) is 19.0. The molecular weight excluding hydrogens is 494 g/mol. The van der Waals surface area contributed by atoms with E-state index in [-0.39, 0.29) is 11.3 Å². The molecule has 1 saturated heterocycles. The van der Waals surface area contributed by atoms with E-state index in [1.165, 1.54) is 16.4 Å². The Morgan fingerprint density at radius 1 is 0.949 bits per heavy atom. The summed E-state index contributed by atoms with van der Waals surface area (Å²) in [6.07, 6.45) is 5.88. The molecule has 1 aliphatic carbocycles. The molecular formula is C28H27N9O2. The molecule has 39 heavy (non-hydrogen) atoms. The second kappa shape index (κ2) is 9.21. The number of hydrogen-bond donors (Lipinski definition) is 2. The summed E-state index contributed by atoms with van der Waals surface area (Å²) in [5, 5.41) is 13.8. The summed E-state index contributed by atoms with van der Waals surface area (Å²) in [6, 6.07) is 13.7. The number of likely N-dealkylation sites (N-methyl/N-ethyl adjacent to an activating group) is 1. The van der Waals surface area contributed by atoms with E-state index in [0.717, 1.165) is 37.4 Å². The number of fused-ring (bicyclic) bond motifs is 4. The Balaban J connectivity index is 1.27. The zero-order valence-electron chi connectivity index (χ0n) is 21.4. The molecule has 0 unspecified atom stereocenters. The number of aryl methyl sites for hydroxylation is 1. The van der Waals surface area contributed by atoms with Crippen molar-refractivity contribution >= 4 is 40.1 Å². The van der Waals surface area contributed by atoms with Crippen LogP contribution in [-0.2, 0) is 6.42 Å². The first kappa shape index (κ1) is 23.4. The van der Waals surface area contributed by atoms with Crippen LogP contribution < -0.4 is 15.8 Å². The van der Waals surface area contributed by atoms with Gasteiger partial charge in [-0.15, -0.1) is 0 Å². The fourth-order valence-corrected chi connectivity index (χ4v) is 5.28. The van der Waals surface area contributed by atoms with Gasteiger partial charge in [0, 0.05) is 68.0 Å². The molecule has 1 aliphatic heterocycles. The van der Waals surface area contributed by atoms with E-state index >= 15 is 0 Å². The lowest BCUT2D eigenvalue weighted by Gasteiger charge is -2.34. The maximum Gasteiger partial charge on any atom is 0.284 e. The maximum absolute atomic E-state index is 13.7. The third-order valence-electron chi connectivity index (χ3n) is 7.40. The first-order valence-electron chi connectivity index (χ1n) is 13.0. The Morgan fingerprint density at radius 2 is 1.77 bits per heavy atom. The number of anilines is 3. The number of aliphatic hydroxyl groups excluding tert-OH is 1. The van der Waals surface area contributed by atoms with Gasteiger partial charge in [-0.2, -0.15) is 9.50 Å². The number of rotatable bonds is 4. The molecule has 4 aromatic heterocycles. The van der Waals surface area contributed by atoms with Crippen LogP contribution >= 0.6 is 0 Å². The predicted octanol–water partition coefficient (Wildman–Crippen LogP) is 3.16. The van der Waals surface area contributed by atoms with Gasteiger partial charge >= 0.3 is 0 Å². The molecule has 0 bridgehead atoms. The lowest BCUT2D eigenvalue weighted by atomic mass is 10.0. The molecule has 0 amide bonds. The van der Waals surface area contributed by atoms with Crippen molar-refractivity contribution in [2.24, 2.45) is 0 Å². The van der Waals surface area contributed by atoms with E-state index in [9.17, 15) is 9.90 Å². The molecule has 1 aromatic carbocycles. The lowest BCUT2D eigenvalue weighted by Crippen LogP contribution is -2.44. The summed E-state index contributed by atoms with van der Waals surface area (Å²) in [5.74, 6) is 1.17. The Hall–Kier alpha value is -4.77. The van der Waals surface area contributed by atoms with Gasteiger partial charge in [-0.1, -0.05) is 6.07 Å². The Morgan fingerprint density at radius 3 is 2.54 bits per heavy atom.